The van der Waals surface area contributed by atoms with Crippen LogP contribution in [0.4, 0.5) is 5.69 Å². The van der Waals surface area contributed by atoms with Crippen LogP contribution in [-0.4, -0.2) is 11.6 Å². The van der Waals surface area contributed by atoms with E-state index >= 15 is 0 Å². The second-order valence-corrected chi connectivity index (χ2v) is 5.07. The van der Waals surface area contributed by atoms with E-state index in [9.17, 15) is 0 Å². The molecule has 1 unspecified atom stereocenters. The Bertz CT molecular complexity index is 600. The summed E-state index contributed by atoms with van der Waals surface area (Å²) in [4.78, 5) is 4.26. The average Bonchev–Trinajstić information content (AvgIpc) is 2.42. The summed E-state index contributed by atoms with van der Waals surface area (Å²) >= 11 is 5.88. The molecule has 0 bridgehead atoms. The maximum atomic E-state index is 5.88. The van der Waals surface area contributed by atoms with Gasteiger partial charge in [0.1, 0.15) is 5.15 Å². The molecule has 98 valence electrons. The molecule has 1 atom stereocenters. The maximum absolute atomic E-state index is 5.88. The Morgan fingerprint density at radius 3 is 2.95 bits per heavy atom. The monoisotopic (exact) mass is 274 g/mol. The Hall–Kier alpha value is -1.58. The predicted octanol–water partition coefficient (Wildman–Crippen LogP) is 3.73. The summed E-state index contributed by atoms with van der Waals surface area (Å²) in [5.74, 6) is 0. The van der Waals surface area contributed by atoms with Crippen molar-refractivity contribution >= 4 is 17.3 Å². The van der Waals surface area contributed by atoms with Crippen LogP contribution in [0.2, 0.25) is 5.15 Å². The molecule has 0 aliphatic carbocycles. The van der Waals surface area contributed by atoms with Gasteiger partial charge in [-0.1, -0.05) is 35.9 Å². The number of pyridine rings is 1. The van der Waals surface area contributed by atoms with Crippen LogP contribution in [0.15, 0.2) is 36.4 Å². The minimum Gasteiger partial charge on any atom is -0.374 e. The highest BCUT2D eigenvalue weighted by molar-refractivity contribution is 6.29. The van der Waals surface area contributed by atoms with Crippen molar-refractivity contribution in [3.05, 3.63) is 58.4 Å². The second kappa shape index (κ2) is 5.19. The van der Waals surface area contributed by atoms with E-state index in [0.717, 1.165) is 11.4 Å². The van der Waals surface area contributed by atoms with E-state index in [-0.39, 0.29) is 6.04 Å². The molecule has 0 saturated carbocycles. The van der Waals surface area contributed by atoms with Gasteiger partial charge in [-0.15, -0.1) is 0 Å². The number of nitrogens with zero attached hydrogens (tertiary/aromatic N) is 1. The third-order valence-corrected chi connectivity index (χ3v) is 3.56. The molecule has 2 aromatic rings. The van der Waals surface area contributed by atoms with Gasteiger partial charge >= 0.3 is 0 Å². The van der Waals surface area contributed by atoms with E-state index < -0.39 is 0 Å². The first-order valence-corrected chi connectivity index (χ1v) is 6.67. The molecular formula is C15H15ClN2O. The van der Waals surface area contributed by atoms with Crippen LogP contribution in [-0.2, 0) is 11.3 Å². The maximum Gasteiger partial charge on any atom is 0.129 e. The minimum absolute atomic E-state index is 0.159. The predicted molar refractivity (Wildman–Crippen MR) is 76.4 cm³/mol. The molecule has 3 rings (SSSR count). The largest absolute Gasteiger partial charge is 0.374 e. The summed E-state index contributed by atoms with van der Waals surface area (Å²) in [6, 6.07) is 12.3. The highest BCUT2D eigenvalue weighted by Gasteiger charge is 2.20. The van der Waals surface area contributed by atoms with Gasteiger partial charge in [0, 0.05) is 0 Å². The van der Waals surface area contributed by atoms with Gasteiger partial charge in [-0.2, -0.15) is 0 Å². The van der Waals surface area contributed by atoms with Crippen molar-refractivity contribution in [1.29, 1.82) is 0 Å². The van der Waals surface area contributed by atoms with Crippen LogP contribution >= 0.6 is 11.6 Å². The lowest BCUT2D eigenvalue weighted by molar-refractivity contribution is 0.0970. The van der Waals surface area contributed by atoms with E-state index in [1.807, 2.05) is 19.1 Å². The Kier molecular flexibility index (Phi) is 3.40. The van der Waals surface area contributed by atoms with E-state index in [1.54, 1.807) is 6.07 Å². The number of anilines is 1. The normalized spacial score (nSPS) is 17.9. The van der Waals surface area contributed by atoms with Crippen LogP contribution in [0.25, 0.3) is 0 Å². The molecule has 0 fully saturated rings. The third kappa shape index (κ3) is 2.57. The highest BCUT2D eigenvalue weighted by Crippen LogP contribution is 2.29. The Morgan fingerprint density at radius 2 is 2.11 bits per heavy atom. The summed E-state index contributed by atoms with van der Waals surface area (Å²) in [5.41, 5.74) is 4.43. The van der Waals surface area contributed by atoms with Gasteiger partial charge < -0.3 is 10.1 Å². The molecule has 0 saturated heterocycles. The molecule has 4 heteroatoms. The van der Waals surface area contributed by atoms with Gasteiger partial charge in [-0.3, -0.25) is 0 Å². The highest BCUT2D eigenvalue weighted by atomic mass is 35.5. The summed E-state index contributed by atoms with van der Waals surface area (Å²) in [6.45, 7) is 3.30. The van der Waals surface area contributed by atoms with Gasteiger partial charge in [0.05, 0.1) is 30.6 Å². The van der Waals surface area contributed by atoms with Crippen molar-refractivity contribution < 1.29 is 4.74 Å². The van der Waals surface area contributed by atoms with Crippen molar-refractivity contribution in [1.82, 2.24) is 4.98 Å². The second-order valence-electron chi connectivity index (χ2n) is 4.68. The molecule has 3 nitrogen and oxygen atoms in total. The lowest BCUT2D eigenvalue weighted by Gasteiger charge is -2.27. The lowest BCUT2D eigenvalue weighted by atomic mass is 9.99. The summed E-state index contributed by atoms with van der Waals surface area (Å²) in [6.07, 6.45) is 0. The van der Waals surface area contributed by atoms with E-state index in [2.05, 4.69) is 28.5 Å². The molecule has 19 heavy (non-hydrogen) atoms. The third-order valence-electron chi connectivity index (χ3n) is 3.35. The number of nitrogens with one attached hydrogen (secondary N) is 1. The van der Waals surface area contributed by atoms with Crippen molar-refractivity contribution in [3.8, 4) is 0 Å². The van der Waals surface area contributed by atoms with Gasteiger partial charge in [-0.25, -0.2) is 4.98 Å². The number of hydrogen-bond donors (Lipinski definition) is 1. The molecule has 0 radical (unpaired) electrons. The van der Waals surface area contributed by atoms with Crippen LogP contribution in [0, 0.1) is 6.92 Å². The quantitative estimate of drug-likeness (QED) is 0.848. The Labute approximate surface area is 117 Å². The van der Waals surface area contributed by atoms with Crippen LogP contribution < -0.4 is 5.32 Å². The summed E-state index contributed by atoms with van der Waals surface area (Å²) < 4.78 is 5.64. The lowest BCUT2D eigenvalue weighted by Crippen LogP contribution is -2.23. The number of aryl methyl sites for hydroxylation is 1. The molecule has 0 amide bonds. The first-order valence-electron chi connectivity index (χ1n) is 6.29. The smallest absolute Gasteiger partial charge is 0.129 e. The molecule has 1 aromatic heterocycles. The van der Waals surface area contributed by atoms with Gasteiger partial charge in [0.25, 0.3) is 0 Å². The molecule has 1 aliphatic rings. The van der Waals surface area contributed by atoms with E-state index in [4.69, 9.17) is 16.3 Å². The molecule has 1 N–H and O–H groups in total. The topological polar surface area (TPSA) is 34.2 Å². The van der Waals surface area contributed by atoms with E-state index in [0.29, 0.717) is 18.4 Å². The summed E-state index contributed by atoms with van der Waals surface area (Å²) in [5, 5.41) is 4.00. The minimum atomic E-state index is 0.159. The molecule has 0 spiro atoms. The van der Waals surface area contributed by atoms with Gasteiger partial charge in [0.15, 0.2) is 0 Å². The van der Waals surface area contributed by atoms with Crippen LogP contribution in [0.3, 0.4) is 0 Å². The first-order chi connectivity index (χ1) is 9.24. The van der Waals surface area contributed by atoms with Crippen molar-refractivity contribution in [2.24, 2.45) is 0 Å². The molecule has 1 aromatic carbocycles. The number of hydrogen-bond acceptors (Lipinski definition) is 3. The standard InChI is InChI=1S/C15H15ClN2O/c1-10-13(6-7-15(16)17-10)18-14-9-19-8-11-4-2-3-5-12(11)14/h2-7,14,18H,8-9H2,1H3. The fourth-order valence-corrected chi connectivity index (χ4v) is 2.56. The molecule has 1 aliphatic heterocycles. The number of benzene rings is 1. The summed E-state index contributed by atoms with van der Waals surface area (Å²) in [7, 11) is 0. The number of rotatable bonds is 2. The number of fused-ring (bicyclic) bond motifs is 1. The van der Waals surface area contributed by atoms with E-state index in [1.165, 1.54) is 11.1 Å². The van der Waals surface area contributed by atoms with Crippen LogP contribution in [0.5, 0.6) is 0 Å². The average molecular weight is 275 g/mol. The number of halogens is 1. The fraction of sp³-hybridized carbons (Fsp3) is 0.267. The van der Waals surface area contributed by atoms with Gasteiger partial charge in [0.2, 0.25) is 0 Å². The number of aromatic nitrogens is 1. The number of ether oxygens (including phenoxy) is 1. The Morgan fingerprint density at radius 1 is 1.26 bits per heavy atom. The molecule has 2 heterocycles. The van der Waals surface area contributed by atoms with Crippen molar-refractivity contribution in [3.63, 3.8) is 0 Å². The molecular weight excluding hydrogens is 260 g/mol. The van der Waals surface area contributed by atoms with Crippen molar-refractivity contribution in [2.45, 2.75) is 19.6 Å². The SMILES string of the molecule is Cc1nc(Cl)ccc1NC1COCc2ccccc21. The zero-order valence-electron chi connectivity index (χ0n) is 10.7. The van der Waals surface area contributed by atoms with Crippen molar-refractivity contribution in [2.75, 3.05) is 11.9 Å². The zero-order chi connectivity index (χ0) is 13.2. The zero-order valence-corrected chi connectivity index (χ0v) is 11.4. The first kappa shape index (κ1) is 12.5. The fourth-order valence-electron chi connectivity index (χ4n) is 2.37. The van der Waals surface area contributed by atoms with Crippen LogP contribution in [0.1, 0.15) is 22.9 Å². The van der Waals surface area contributed by atoms with Gasteiger partial charge in [-0.05, 0) is 30.2 Å². The Balaban J connectivity index is 1.88.